The van der Waals surface area contributed by atoms with E-state index < -0.39 is 5.60 Å². The van der Waals surface area contributed by atoms with Crippen molar-refractivity contribution in [2.24, 2.45) is 5.73 Å². The third kappa shape index (κ3) is 2.97. The van der Waals surface area contributed by atoms with Gasteiger partial charge in [0, 0.05) is 4.90 Å². The number of hydrogen-bond acceptors (Lipinski definition) is 3. The highest BCUT2D eigenvalue weighted by atomic mass is 32.2. The van der Waals surface area contributed by atoms with E-state index in [2.05, 4.69) is 0 Å². The highest BCUT2D eigenvalue weighted by Gasteiger charge is 2.26. The molecule has 0 fully saturated rings. The minimum Gasteiger partial charge on any atom is -0.385 e. The molecule has 0 amide bonds. The van der Waals surface area contributed by atoms with Crippen LogP contribution in [0.4, 0.5) is 0 Å². The standard InChI is InChI=1S/C12H19NOS/c1-3-12(14,7-8-13)10-5-4-6-11(9-10)15-2/h4-6,9,14H,3,7-8,13H2,1-2H3. The Morgan fingerprint density at radius 1 is 1.47 bits per heavy atom. The van der Waals surface area contributed by atoms with Gasteiger partial charge in [0.25, 0.3) is 0 Å². The Morgan fingerprint density at radius 3 is 2.73 bits per heavy atom. The fourth-order valence-corrected chi connectivity index (χ4v) is 2.14. The highest BCUT2D eigenvalue weighted by molar-refractivity contribution is 7.98. The molecule has 0 heterocycles. The van der Waals surface area contributed by atoms with Crippen LogP contribution in [0.1, 0.15) is 25.3 Å². The van der Waals surface area contributed by atoms with Gasteiger partial charge in [0.05, 0.1) is 5.60 Å². The first-order valence-electron chi connectivity index (χ1n) is 5.23. The maximum absolute atomic E-state index is 10.4. The third-order valence-corrected chi connectivity index (χ3v) is 3.48. The summed E-state index contributed by atoms with van der Waals surface area (Å²) in [7, 11) is 0. The summed E-state index contributed by atoms with van der Waals surface area (Å²) in [6.45, 7) is 2.50. The van der Waals surface area contributed by atoms with Crippen molar-refractivity contribution in [3.05, 3.63) is 29.8 Å². The van der Waals surface area contributed by atoms with Crippen LogP contribution in [0.15, 0.2) is 29.2 Å². The quantitative estimate of drug-likeness (QED) is 0.756. The summed E-state index contributed by atoms with van der Waals surface area (Å²) in [5, 5.41) is 10.4. The van der Waals surface area contributed by atoms with E-state index in [0.29, 0.717) is 19.4 Å². The van der Waals surface area contributed by atoms with Crippen molar-refractivity contribution in [1.29, 1.82) is 0 Å². The van der Waals surface area contributed by atoms with Crippen LogP contribution < -0.4 is 5.73 Å². The molecule has 0 aliphatic carbocycles. The molecule has 0 bridgehead atoms. The molecule has 1 aromatic rings. The zero-order valence-corrected chi connectivity index (χ0v) is 10.2. The second kappa shape index (κ2) is 5.54. The van der Waals surface area contributed by atoms with Gasteiger partial charge in [0.15, 0.2) is 0 Å². The fourth-order valence-electron chi connectivity index (χ4n) is 1.68. The number of rotatable bonds is 5. The van der Waals surface area contributed by atoms with Crippen LogP contribution in [0.5, 0.6) is 0 Å². The van der Waals surface area contributed by atoms with Gasteiger partial charge in [-0.25, -0.2) is 0 Å². The number of aliphatic hydroxyl groups is 1. The Hall–Kier alpha value is -0.510. The first-order valence-corrected chi connectivity index (χ1v) is 6.45. The van der Waals surface area contributed by atoms with Gasteiger partial charge in [-0.15, -0.1) is 11.8 Å². The summed E-state index contributed by atoms with van der Waals surface area (Å²) in [5.74, 6) is 0. The maximum atomic E-state index is 10.4. The molecule has 15 heavy (non-hydrogen) atoms. The largest absolute Gasteiger partial charge is 0.385 e. The van der Waals surface area contributed by atoms with E-state index in [1.807, 2.05) is 37.4 Å². The van der Waals surface area contributed by atoms with Crippen molar-refractivity contribution in [2.45, 2.75) is 30.3 Å². The SMILES string of the molecule is CCC(O)(CCN)c1cccc(SC)c1. The molecular weight excluding hydrogens is 206 g/mol. The molecule has 1 unspecified atom stereocenters. The van der Waals surface area contributed by atoms with Gasteiger partial charge < -0.3 is 10.8 Å². The molecule has 84 valence electrons. The van der Waals surface area contributed by atoms with Gasteiger partial charge >= 0.3 is 0 Å². The van der Waals surface area contributed by atoms with E-state index >= 15 is 0 Å². The van der Waals surface area contributed by atoms with E-state index in [0.717, 1.165) is 5.56 Å². The molecule has 0 radical (unpaired) electrons. The monoisotopic (exact) mass is 225 g/mol. The molecule has 0 saturated heterocycles. The Bertz CT molecular complexity index is 316. The average molecular weight is 225 g/mol. The fraction of sp³-hybridized carbons (Fsp3) is 0.500. The summed E-state index contributed by atoms with van der Waals surface area (Å²) in [6, 6.07) is 8.05. The van der Waals surface area contributed by atoms with Crippen molar-refractivity contribution < 1.29 is 5.11 Å². The smallest absolute Gasteiger partial charge is 0.0906 e. The van der Waals surface area contributed by atoms with Gasteiger partial charge in [-0.05, 0) is 43.3 Å². The summed E-state index contributed by atoms with van der Waals surface area (Å²) in [6.07, 6.45) is 3.34. The predicted molar refractivity (Wildman–Crippen MR) is 66.1 cm³/mol. The van der Waals surface area contributed by atoms with Crippen molar-refractivity contribution in [3.63, 3.8) is 0 Å². The van der Waals surface area contributed by atoms with Gasteiger partial charge in [0.2, 0.25) is 0 Å². The van der Waals surface area contributed by atoms with E-state index in [1.165, 1.54) is 4.90 Å². The van der Waals surface area contributed by atoms with Gasteiger partial charge in [-0.1, -0.05) is 19.1 Å². The summed E-state index contributed by atoms with van der Waals surface area (Å²) in [5.41, 5.74) is 5.74. The van der Waals surface area contributed by atoms with Crippen molar-refractivity contribution in [3.8, 4) is 0 Å². The molecule has 3 N–H and O–H groups in total. The summed E-state index contributed by atoms with van der Waals surface area (Å²) in [4.78, 5) is 1.18. The van der Waals surface area contributed by atoms with Crippen LogP contribution in [0, 0.1) is 0 Å². The lowest BCUT2D eigenvalue weighted by atomic mass is 9.88. The van der Waals surface area contributed by atoms with E-state index in [-0.39, 0.29) is 0 Å². The lowest BCUT2D eigenvalue weighted by molar-refractivity contribution is 0.0257. The second-order valence-corrected chi connectivity index (χ2v) is 4.54. The van der Waals surface area contributed by atoms with Gasteiger partial charge in [-0.2, -0.15) is 0 Å². The van der Waals surface area contributed by atoms with Crippen molar-refractivity contribution in [1.82, 2.24) is 0 Å². The molecule has 0 aliphatic rings. The van der Waals surface area contributed by atoms with E-state index in [4.69, 9.17) is 5.73 Å². The second-order valence-electron chi connectivity index (χ2n) is 3.66. The van der Waals surface area contributed by atoms with E-state index in [9.17, 15) is 5.11 Å². The van der Waals surface area contributed by atoms with Crippen molar-refractivity contribution in [2.75, 3.05) is 12.8 Å². The van der Waals surface area contributed by atoms with Crippen molar-refractivity contribution >= 4 is 11.8 Å². The molecule has 0 spiro atoms. The zero-order chi connectivity index (χ0) is 11.3. The molecule has 1 atom stereocenters. The minimum absolute atomic E-state index is 0.508. The van der Waals surface area contributed by atoms with E-state index in [1.54, 1.807) is 11.8 Å². The Kier molecular flexibility index (Phi) is 4.64. The Balaban J connectivity index is 3.00. The highest BCUT2D eigenvalue weighted by Crippen LogP contribution is 2.30. The average Bonchev–Trinajstić information content (AvgIpc) is 2.29. The van der Waals surface area contributed by atoms with Crippen LogP contribution in [0.2, 0.25) is 0 Å². The predicted octanol–water partition coefficient (Wildman–Crippen LogP) is 2.35. The molecule has 2 nitrogen and oxygen atoms in total. The lowest BCUT2D eigenvalue weighted by Crippen LogP contribution is -2.28. The Morgan fingerprint density at radius 2 is 2.20 bits per heavy atom. The number of nitrogens with two attached hydrogens (primary N) is 1. The lowest BCUT2D eigenvalue weighted by Gasteiger charge is -2.27. The zero-order valence-electron chi connectivity index (χ0n) is 9.36. The normalized spacial score (nSPS) is 14.9. The van der Waals surface area contributed by atoms with Gasteiger partial charge in [-0.3, -0.25) is 0 Å². The first-order chi connectivity index (χ1) is 7.16. The molecule has 1 rings (SSSR count). The third-order valence-electron chi connectivity index (χ3n) is 2.75. The van der Waals surface area contributed by atoms with Crippen LogP contribution >= 0.6 is 11.8 Å². The van der Waals surface area contributed by atoms with Crippen LogP contribution in [-0.4, -0.2) is 17.9 Å². The van der Waals surface area contributed by atoms with Crippen LogP contribution in [0.25, 0.3) is 0 Å². The minimum atomic E-state index is -0.763. The molecule has 3 heteroatoms. The number of hydrogen-bond donors (Lipinski definition) is 2. The molecular formula is C12H19NOS. The topological polar surface area (TPSA) is 46.2 Å². The number of benzene rings is 1. The Labute approximate surface area is 95.9 Å². The summed E-state index contributed by atoms with van der Waals surface area (Å²) >= 11 is 1.69. The molecule has 0 saturated carbocycles. The number of thioether (sulfide) groups is 1. The first kappa shape index (κ1) is 12.6. The van der Waals surface area contributed by atoms with Crippen LogP contribution in [0.3, 0.4) is 0 Å². The molecule has 0 aliphatic heterocycles. The van der Waals surface area contributed by atoms with Gasteiger partial charge in [0.1, 0.15) is 0 Å². The van der Waals surface area contributed by atoms with Crippen LogP contribution in [-0.2, 0) is 5.60 Å². The molecule has 0 aromatic heterocycles. The summed E-state index contributed by atoms with van der Waals surface area (Å²) < 4.78 is 0. The maximum Gasteiger partial charge on any atom is 0.0906 e. The molecule has 1 aromatic carbocycles.